The molecule has 0 spiro atoms. The van der Waals surface area contributed by atoms with Crippen molar-refractivity contribution < 1.29 is 13.5 Å². The Morgan fingerprint density at radius 2 is 1.79 bits per heavy atom. The van der Waals surface area contributed by atoms with Crippen molar-refractivity contribution in [2.24, 2.45) is 15.2 Å². The van der Waals surface area contributed by atoms with Crippen LogP contribution >= 0.6 is 11.8 Å². The number of phenols is 1. The third-order valence-electron chi connectivity index (χ3n) is 4.18. The second-order valence-corrected chi connectivity index (χ2v) is 8.85. The van der Waals surface area contributed by atoms with Crippen molar-refractivity contribution in [1.29, 1.82) is 0 Å². The fraction of sp³-hybridized carbons (Fsp3) is 0.105. The second kappa shape index (κ2) is 7.25. The number of benzene rings is 3. The van der Waals surface area contributed by atoms with Gasteiger partial charge >= 0.3 is 0 Å². The molecular formula is C19H16N4O3S2. The van der Waals surface area contributed by atoms with Crippen molar-refractivity contribution in [3.05, 3.63) is 60.2 Å². The molecule has 1 heterocycles. The highest BCUT2D eigenvalue weighted by molar-refractivity contribution is 8.14. The minimum atomic E-state index is -3.79. The summed E-state index contributed by atoms with van der Waals surface area (Å²) in [7, 11) is -3.79. The molecule has 28 heavy (non-hydrogen) atoms. The Morgan fingerprint density at radius 3 is 2.46 bits per heavy atom. The van der Waals surface area contributed by atoms with Gasteiger partial charge in [-0.05, 0) is 36.9 Å². The first-order chi connectivity index (χ1) is 13.4. The van der Waals surface area contributed by atoms with Gasteiger partial charge in [0.1, 0.15) is 5.75 Å². The normalized spacial score (nSPS) is 13.7. The number of fused-ring (bicyclic) bond motifs is 1. The first-order valence-electron chi connectivity index (χ1n) is 8.38. The molecule has 3 aromatic rings. The van der Waals surface area contributed by atoms with Gasteiger partial charge in [0.2, 0.25) is 5.17 Å². The highest BCUT2D eigenvalue weighted by atomic mass is 32.2. The van der Waals surface area contributed by atoms with Crippen LogP contribution in [0.2, 0.25) is 0 Å². The monoisotopic (exact) mass is 412 g/mol. The van der Waals surface area contributed by atoms with Crippen molar-refractivity contribution >= 4 is 43.4 Å². The van der Waals surface area contributed by atoms with E-state index in [1.807, 2.05) is 6.92 Å². The second-order valence-electron chi connectivity index (χ2n) is 6.16. The molecule has 0 radical (unpaired) electrons. The minimum Gasteiger partial charge on any atom is -0.506 e. The quantitative estimate of drug-likeness (QED) is 0.615. The molecule has 0 aromatic heterocycles. The Bertz CT molecular complexity index is 1220. The van der Waals surface area contributed by atoms with Crippen LogP contribution in [0.3, 0.4) is 0 Å². The van der Waals surface area contributed by atoms with E-state index in [9.17, 15) is 13.5 Å². The number of thioether (sulfide) groups is 1. The summed E-state index contributed by atoms with van der Waals surface area (Å²) in [6.45, 7) is 2.15. The number of nitrogens with one attached hydrogen (secondary N) is 1. The van der Waals surface area contributed by atoms with Crippen molar-refractivity contribution in [1.82, 2.24) is 0 Å². The molecule has 0 saturated carbocycles. The molecule has 4 rings (SSSR count). The molecule has 1 aliphatic heterocycles. The summed E-state index contributed by atoms with van der Waals surface area (Å²) in [5.74, 6) is 0.0451. The Morgan fingerprint density at radius 1 is 1.07 bits per heavy atom. The number of anilines is 1. The SMILES string of the molecule is Cc1ccc(S(=O)(=O)Nc2cc(SC3=NCN=N3)c(O)c3ccccc23)cc1. The largest absolute Gasteiger partial charge is 0.506 e. The van der Waals surface area contributed by atoms with Gasteiger partial charge in [-0.15, -0.1) is 5.11 Å². The average molecular weight is 412 g/mol. The Labute approximate surface area is 166 Å². The predicted molar refractivity (Wildman–Crippen MR) is 111 cm³/mol. The van der Waals surface area contributed by atoms with Crippen LogP contribution in [0, 0.1) is 6.92 Å². The summed E-state index contributed by atoms with van der Waals surface area (Å²) in [4.78, 5) is 4.72. The maximum absolute atomic E-state index is 12.9. The lowest BCUT2D eigenvalue weighted by Gasteiger charge is -2.14. The zero-order valence-corrected chi connectivity index (χ0v) is 16.5. The first-order valence-corrected chi connectivity index (χ1v) is 10.7. The Hall–Kier alpha value is -2.91. The number of hydrogen-bond donors (Lipinski definition) is 2. The van der Waals surface area contributed by atoms with Crippen LogP contribution < -0.4 is 4.72 Å². The van der Waals surface area contributed by atoms with Gasteiger partial charge in [-0.2, -0.15) is 5.11 Å². The summed E-state index contributed by atoms with van der Waals surface area (Å²) in [6.07, 6.45) is 0. The zero-order chi connectivity index (χ0) is 19.7. The smallest absolute Gasteiger partial charge is 0.261 e. The fourth-order valence-electron chi connectivity index (χ4n) is 2.78. The van der Waals surface area contributed by atoms with Gasteiger partial charge in [-0.25, -0.2) is 13.4 Å². The summed E-state index contributed by atoms with van der Waals surface area (Å²) in [5, 5.41) is 19.9. The number of azo groups is 1. The summed E-state index contributed by atoms with van der Waals surface area (Å²) in [6, 6.07) is 15.2. The maximum atomic E-state index is 12.9. The van der Waals surface area contributed by atoms with Crippen molar-refractivity contribution in [3.8, 4) is 5.75 Å². The lowest BCUT2D eigenvalue weighted by atomic mass is 10.1. The van der Waals surface area contributed by atoms with E-state index in [4.69, 9.17) is 0 Å². The molecule has 2 N–H and O–H groups in total. The topological polar surface area (TPSA) is 103 Å². The molecule has 3 aromatic carbocycles. The van der Waals surface area contributed by atoms with E-state index in [0.717, 1.165) is 17.3 Å². The van der Waals surface area contributed by atoms with Gasteiger partial charge in [-0.3, -0.25) is 4.72 Å². The maximum Gasteiger partial charge on any atom is 0.261 e. The number of nitrogens with zero attached hydrogens (tertiary/aromatic N) is 3. The fourth-order valence-corrected chi connectivity index (χ4v) is 4.66. The summed E-state index contributed by atoms with van der Waals surface area (Å²) in [5.41, 5.74) is 1.34. The standard InChI is InChI=1S/C19H16N4O3S2/c1-12-6-8-13(9-7-12)28(25,26)23-16-10-17(27-19-20-11-21-22-19)18(24)15-5-3-2-4-14(15)16/h2-10,23-24H,11H2,1H3. The van der Waals surface area contributed by atoms with Gasteiger partial charge in [0.05, 0.1) is 15.5 Å². The molecule has 0 unspecified atom stereocenters. The number of aromatic hydroxyl groups is 1. The van der Waals surface area contributed by atoms with Crippen molar-refractivity contribution in [3.63, 3.8) is 0 Å². The third kappa shape index (κ3) is 3.58. The molecule has 0 amide bonds. The highest BCUT2D eigenvalue weighted by Gasteiger charge is 2.19. The molecule has 0 saturated heterocycles. The van der Waals surface area contributed by atoms with Crippen molar-refractivity contribution in [2.45, 2.75) is 16.7 Å². The molecule has 1 aliphatic rings. The van der Waals surface area contributed by atoms with E-state index in [1.165, 1.54) is 0 Å². The van der Waals surface area contributed by atoms with Gasteiger partial charge in [0, 0.05) is 10.8 Å². The molecule has 9 heteroatoms. The number of amidine groups is 1. The zero-order valence-electron chi connectivity index (χ0n) is 14.8. The molecule has 0 fully saturated rings. The van der Waals surface area contributed by atoms with E-state index in [-0.39, 0.29) is 17.3 Å². The van der Waals surface area contributed by atoms with Crippen LogP contribution in [0.15, 0.2) is 79.6 Å². The molecule has 142 valence electrons. The highest BCUT2D eigenvalue weighted by Crippen LogP contribution is 2.41. The van der Waals surface area contributed by atoms with Crippen LogP contribution in [-0.4, -0.2) is 25.4 Å². The number of aliphatic imine (C=N–C) groups is 1. The molecular weight excluding hydrogens is 396 g/mol. The minimum absolute atomic E-state index is 0.0451. The lowest BCUT2D eigenvalue weighted by molar-refractivity contribution is 0.469. The van der Waals surface area contributed by atoms with Crippen LogP contribution in [0.5, 0.6) is 5.75 Å². The van der Waals surface area contributed by atoms with E-state index in [2.05, 4.69) is 19.9 Å². The predicted octanol–water partition coefficient (Wildman–Crippen LogP) is 4.53. The number of aryl methyl sites for hydroxylation is 1. The molecule has 7 nitrogen and oxygen atoms in total. The summed E-state index contributed by atoms with van der Waals surface area (Å²) >= 11 is 1.14. The van der Waals surface area contributed by atoms with Gasteiger partial charge in [0.25, 0.3) is 10.0 Å². The van der Waals surface area contributed by atoms with E-state index >= 15 is 0 Å². The van der Waals surface area contributed by atoms with Crippen LogP contribution in [0.4, 0.5) is 5.69 Å². The lowest BCUT2D eigenvalue weighted by Crippen LogP contribution is -2.13. The number of rotatable bonds is 4. The average Bonchev–Trinajstić information content (AvgIpc) is 3.19. The van der Waals surface area contributed by atoms with Crippen LogP contribution in [0.25, 0.3) is 10.8 Å². The number of sulfonamides is 1. The van der Waals surface area contributed by atoms with Crippen LogP contribution in [-0.2, 0) is 10.0 Å². The Balaban J connectivity index is 1.80. The molecule has 0 atom stereocenters. The third-order valence-corrected chi connectivity index (χ3v) is 6.49. The molecule has 0 bridgehead atoms. The Kier molecular flexibility index (Phi) is 4.78. The van der Waals surface area contributed by atoms with Crippen LogP contribution in [0.1, 0.15) is 5.56 Å². The van der Waals surface area contributed by atoms with Gasteiger partial charge in [-0.1, -0.05) is 42.0 Å². The number of phenolic OH excluding ortho intramolecular Hbond substituents is 1. The van der Waals surface area contributed by atoms with Crippen molar-refractivity contribution in [2.75, 3.05) is 11.4 Å². The van der Waals surface area contributed by atoms with Gasteiger partial charge in [0.15, 0.2) is 6.67 Å². The van der Waals surface area contributed by atoms with E-state index in [1.54, 1.807) is 54.6 Å². The van der Waals surface area contributed by atoms with E-state index < -0.39 is 10.0 Å². The first kappa shape index (κ1) is 18.5. The molecule has 0 aliphatic carbocycles. The number of hydrogen-bond acceptors (Lipinski definition) is 7. The summed E-state index contributed by atoms with van der Waals surface area (Å²) < 4.78 is 28.4. The van der Waals surface area contributed by atoms with Gasteiger partial charge < -0.3 is 5.11 Å². The van der Waals surface area contributed by atoms with E-state index in [0.29, 0.717) is 26.5 Å².